The van der Waals surface area contributed by atoms with Crippen molar-refractivity contribution in [2.24, 2.45) is 5.92 Å². The highest BCUT2D eigenvalue weighted by Crippen LogP contribution is 2.23. The first kappa shape index (κ1) is 19.9. The third-order valence-corrected chi connectivity index (χ3v) is 19.5. The average molecular weight is 469 g/mol. The Morgan fingerprint density at radius 1 is 0.833 bits per heavy atom. The molecule has 1 nitrogen and oxygen atoms in total. The van der Waals surface area contributed by atoms with Gasteiger partial charge in [-0.1, -0.05) is 117 Å². The molecule has 130 valence electrons. The van der Waals surface area contributed by atoms with Crippen LogP contribution in [0.25, 0.3) is 0 Å². The molecule has 0 amide bonds. The van der Waals surface area contributed by atoms with Gasteiger partial charge in [0.05, 0.1) is 7.59 Å². The molecule has 0 aliphatic rings. The fraction of sp³-hybridized carbons (Fsp3) is 0.400. The van der Waals surface area contributed by atoms with Crippen LogP contribution in [0.1, 0.15) is 13.8 Å². The predicted molar refractivity (Wildman–Crippen MR) is 120 cm³/mol. The van der Waals surface area contributed by atoms with E-state index in [1.807, 2.05) is 0 Å². The number of hydrogen-bond donors (Lipinski definition) is 0. The molecule has 0 saturated heterocycles. The minimum Gasteiger partial charge on any atom is -0.410 e. The van der Waals surface area contributed by atoms with Crippen molar-refractivity contribution >= 4 is 48.4 Å². The first-order valence-corrected chi connectivity index (χ1v) is 16.3. The Bertz CT molecular complexity index is 584. The summed E-state index contributed by atoms with van der Waals surface area (Å²) in [6.07, 6.45) is 0. The van der Waals surface area contributed by atoms with Gasteiger partial charge >= 0.3 is 0 Å². The van der Waals surface area contributed by atoms with Gasteiger partial charge < -0.3 is 4.43 Å². The maximum atomic E-state index is 6.99. The first-order chi connectivity index (χ1) is 11.3. The molecule has 2 aromatic rings. The lowest BCUT2D eigenvalue weighted by atomic mass is 10.1. The summed E-state index contributed by atoms with van der Waals surface area (Å²) in [5.41, 5.74) is 0. The summed E-state index contributed by atoms with van der Waals surface area (Å²) in [6, 6.07) is 22.0. The molecule has 24 heavy (non-hydrogen) atoms. The summed E-state index contributed by atoms with van der Waals surface area (Å²) in [5, 5.41) is 2.84. The van der Waals surface area contributed by atoms with Gasteiger partial charge in [-0.15, -0.1) is 0 Å². The highest BCUT2D eigenvalue weighted by molar-refractivity contribution is 14.1. The second-order valence-electron chi connectivity index (χ2n) is 7.63. The topological polar surface area (TPSA) is 9.23 Å². The lowest BCUT2D eigenvalue weighted by molar-refractivity contribution is 0.267. The number of hydrogen-bond acceptors (Lipinski definition) is 1. The molecule has 0 aromatic heterocycles. The molecule has 0 N–H and O–H groups in total. The molecule has 0 heterocycles. The minimum absolute atomic E-state index is 0.557. The molecule has 2 atom stereocenters. The van der Waals surface area contributed by atoms with Crippen LogP contribution >= 0.6 is 22.6 Å². The largest absolute Gasteiger partial charge is 0.410 e. The summed E-state index contributed by atoms with van der Waals surface area (Å²) in [7, 11) is -3.83. The smallest absolute Gasteiger partial charge is 0.239 e. The van der Waals surface area contributed by atoms with E-state index in [1.54, 1.807) is 0 Å². The predicted octanol–water partition coefficient (Wildman–Crippen LogP) is 4.64. The third kappa shape index (κ3) is 4.21. The van der Waals surface area contributed by atoms with Crippen molar-refractivity contribution in [1.82, 2.24) is 0 Å². The van der Waals surface area contributed by atoms with Gasteiger partial charge in [0.2, 0.25) is 7.83 Å². The van der Waals surface area contributed by atoms with Crippen molar-refractivity contribution in [3.05, 3.63) is 60.7 Å². The summed E-state index contributed by atoms with van der Waals surface area (Å²) in [5.74, 6) is 0.557. The van der Waals surface area contributed by atoms with Gasteiger partial charge in [0, 0.05) is 10.5 Å². The zero-order chi connectivity index (χ0) is 17.8. The van der Waals surface area contributed by atoms with Gasteiger partial charge in [0.25, 0.3) is 0 Å². The van der Waals surface area contributed by atoms with E-state index in [0.717, 1.165) is 6.61 Å². The van der Waals surface area contributed by atoms with Crippen LogP contribution in [0.15, 0.2) is 60.7 Å². The maximum absolute atomic E-state index is 6.99. The van der Waals surface area contributed by atoms with Crippen LogP contribution in [-0.2, 0) is 4.43 Å². The Kier molecular flexibility index (Phi) is 6.87. The molecule has 0 aliphatic carbocycles. The monoisotopic (exact) mass is 468 g/mol. The van der Waals surface area contributed by atoms with E-state index in [-0.39, 0.29) is 0 Å². The van der Waals surface area contributed by atoms with Crippen molar-refractivity contribution in [3.63, 3.8) is 0 Å². The van der Waals surface area contributed by atoms with E-state index < -0.39 is 15.4 Å². The van der Waals surface area contributed by atoms with Crippen LogP contribution in [0.4, 0.5) is 0 Å². The molecule has 0 bridgehead atoms. The zero-order valence-corrected chi connectivity index (χ0v) is 19.6. The average Bonchev–Trinajstić information content (AvgIpc) is 2.56. The Hall–Kier alpha value is -0.436. The van der Waals surface area contributed by atoms with Crippen LogP contribution in [0.3, 0.4) is 0 Å². The molecule has 0 aliphatic heterocycles. The Morgan fingerprint density at radius 3 is 1.58 bits per heavy atom. The fourth-order valence-electron chi connectivity index (χ4n) is 3.15. The van der Waals surface area contributed by atoms with E-state index in [0.29, 0.717) is 9.84 Å². The molecule has 2 rings (SSSR count). The molecule has 0 saturated carbocycles. The normalized spacial score (nSPS) is 15.1. The van der Waals surface area contributed by atoms with Crippen LogP contribution in [0.5, 0.6) is 0 Å². The van der Waals surface area contributed by atoms with Crippen molar-refractivity contribution in [3.8, 4) is 0 Å². The van der Waals surface area contributed by atoms with Crippen molar-refractivity contribution in [2.45, 2.75) is 37.4 Å². The summed E-state index contributed by atoms with van der Waals surface area (Å²) in [4.78, 5) is 0. The quantitative estimate of drug-likeness (QED) is 0.327. The van der Waals surface area contributed by atoms with Crippen LogP contribution in [0, 0.1) is 5.92 Å². The van der Waals surface area contributed by atoms with Crippen LogP contribution < -0.4 is 10.4 Å². The zero-order valence-electron chi connectivity index (χ0n) is 15.4. The highest BCUT2D eigenvalue weighted by Gasteiger charge is 2.51. The number of alkyl halides is 1. The van der Waals surface area contributed by atoms with E-state index in [1.165, 1.54) is 10.4 Å². The van der Waals surface area contributed by atoms with E-state index in [2.05, 4.69) is 117 Å². The van der Waals surface area contributed by atoms with Crippen molar-refractivity contribution in [1.29, 1.82) is 0 Å². The summed E-state index contributed by atoms with van der Waals surface area (Å²) in [6.45, 7) is 12.8. The molecule has 1 unspecified atom stereocenters. The summed E-state index contributed by atoms with van der Waals surface area (Å²) >= 11 is 2.52. The number of halogens is 1. The first-order valence-electron chi connectivity index (χ1n) is 8.68. The third-order valence-electron chi connectivity index (χ3n) is 4.76. The van der Waals surface area contributed by atoms with Gasteiger partial charge in [-0.25, -0.2) is 0 Å². The second-order valence-corrected chi connectivity index (χ2v) is 23.5. The molecule has 2 aromatic carbocycles. The van der Waals surface area contributed by atoms with Gasteiger partial charge in [0.1, 0.15) is 0 Å². The Balaban J connectivity index is 2.57. The Morgan fingerprint density at radius 2 is 1.25 bits per heavy atom. The van der Waals surface area contributed by atoms with Gasteiger partial charge in [-0.2, -0.15) is 0 Å². The Labute approximate surface area is 162 Å². The fourth-order valence-corrected chi connectivity index (χ4v) is 15.8. The lowest BCUT2D eigenvalue weighted by Gasteiger charge is -2.42. The van der Waals surface area contributed by atoms with Crippen molar-refractivity contribution < 1.29 is 4.43 Å². The van der Waals surface area contributed by atoms with E-state index >= 15 is 0 Å². The van der Waals surface area contributed by atoms with Crippen LogP contribution in [-0.4, -0.2) is 26.0 Å². The highest BCUT2D eigenvalue weighted by atomic mass is 127. The second kappa shape index (κ2) is 8.30. The van der Waals surface area contributed by atoms with E-state index in [4.69, 9.17) is 4.43 Å². The standard InChI is InChI=1S/C20H29IOSi2/c1-17(18(2)21)16-22-24(23(3,4)5,19-12-8-6-9-13-19)20-14-10-7-11-15-20/h6-15,17-18H,16H2,1-5H3/t17-,18?/m0/s1. The molecular weight excluding hydrogens is 439 g/mol. The number of rotatable bonds is 7. The molecule has 0 spiro atoms. The van der Waals surface area contributed by atoms with Crippen LogP contribution in [0.2, 0.25) is 19.6 Å². The maximum Gasteiger partial charge on any atom is 0.239 e. The molecule has 4 heteroatoms. The number of benzene rings is 2. The van der Waals surface area contributed by atoms with E-state index in [9.17, 15) is 0 Å². The molecule has 0 radical (unpaired) electrons. The van der Waals surface area contributed by atoms with Gasteiger partial charge in [-0.05, 0) is 16.3 Å². The van der Waals surface area contributed by atoms with Gasteiger partial charge in [0.15, 0.2) is 0 Å². The minimum atomic E-state index is -2.22. The van der Waals surface area contributed by atoms with Gasteiger partial charge in [-0.3, -0.25) is 0 Å². The molecular formula is C20H29IOSi2. The SMILES string of the molecule is CC(I)[C@@H](C)CO[Si](c1ccccc1)(c1ccccc1)[Si](C)(C)C. The lowest BCUT2D eigenvalue weighted by Crippen LogP contribution is -2.75. The molecule has 0 fully saturated rings. The van der Waals surface area contributed by atoms with Crippen molar-refractivity contribution in [2.75, 3.05) is 6.61 Å². The summed E-state index contributed by atoms with van der Waals surface area (Å²) < 4.78 is 7.60.